The van der Waals surface area contributed by atoms with E-state index in [0.717, 1.165) is 17.2 Å². The molecule has 2 rings (SSSR count). The summed E-state index contributed by atoms with van der Waals surface area (Å²) in [5.41, 5.74) is 1.76. The summed E-state index contributed by atoms with van der Waals surface area (Å²) in [5, 5.41) is 6.29. The van der Waals surface area contributed by atoms with Crippen LogP contribution in [-0.2, 0) is 0 Å². The van der Waals surface area contributed by atoms with Gasteiger partial charge < -0.3 is 10.6 Å². The number of rotatable bonds is 6. The van der Waals surface area contributed by atoms with E-state index in [1.807, 2.05) is 31.2 Å². The Bertz CT molecular complexity index is 413. The summed E-state index contributed by atoms with van der Waals surface area (Å²) in [5.74, 6) is 0.912. The van der Waals surface area contributed by atoms with Crippen molar-refractivity contribution in [2.75, 3.05) is 11.9 Å². The van der Waals surface area contributed by atoms with Gasteiger partial charge >= 0.3 is 0 Å². The second kappa shape index (κ2) is 5.89. The number of hydrogen-bond acceptors (Lipinski definition) is 2. The minimum absolute atomic E-state index is 0.00371. The third-order valence-electron chi connectivity index (χ3n) is 3.26. The van der Waals surface area contributed by atoms with Crippen molar-refractivity contribution in [2.45, 2.75) is 39.2 Å². The van der Waals surface area contributed by atoms with Crippen molar-refractivity contribution in [3.8, 4) is 0 Å². The van der Waals surface area contributed by atoms with Gasteiger partial charge in [-0.25, -0.2) is 0 Å². The Morgan fingerprint density at radius 2 is 2.22 bits per heavy atom. The highest BCUT2D eigenvalue weighted by Crippen LogP contribution is 2.34. The predicted molar refractivity (Wildman–Crippen MR) is 74.9 cm³/mol. The van der Waals surface area contributed by atoms with Crippen LogP contribution < -0.4 is 10.6 Å². The first-order valence-corrected chi connectivity index (χ1v) is 6.84. The number of amides is 1. The fraction of sp³-hybridized carbons (Fsp3) is 0.533. The standard InChI is InChI=1S/C15H22N2O/c1-3-16-15(18)13-5-4-6-14(10-13)17-11(2)9-12-7-8-12/h4-6,10-12,17H,3,7-9H2,1-2H3,(H,16,18). The zero-order chi connectivity index (χ0) is 13.0. The SMILES string of the molecule is CCNC(=O)c1cccc(NC(C)CC2CC2)c1. The van der Waals surface area contributed by atoms with Gasteiger partial charge in [-0.1, -0.05) is 18.9 Å². The molecule has 0 heterocycles. The molecule has 1 fully saturated rings. The number of nitrogens with one attached hydrogen (secondary N) is 2. The minimum atomic E-state index is -0.00371. The number of hydrogen-bond donors (Lipinski definition) is 2. The van der Waals surface area contributed by atoms with Crippen LogP contribution in [-0.4, -0.2) is 18.5 Å². The van der Waals surface area contributed by atoms with Gasteiger partial charge in [0.1, 0.15) is 0 Å². The van der Waals surface area contributed by atoms with Gasteiger partial charge in [-0.15, -0.1) is 0 Å². The highest BCUT2D eigenvalue weighted by molar-refractivity contribution is 5.95. The van der Waals surface area contributed by atoms with Gasteiger partial charge in [0.25, 0.3) is 5.91 Å². The van der Waals surface area contributed by atoms with Crippen molar-refractivity contribution in [1.82, 2.24) is 5.32 Å². The lowest BCUT2D eigenvalue weighted by molar-refractivity contribution is 0.0956. The second-order valence-electron chi connectivity index (χ2n) is 5.16. The predicted octanol–water partition coefficient (Wildman–Crippen LogP) is 3.04. The Morgan fingerprint density at radius 1 is 1.44 bits per heavy atom. The van der Waals surface area contributed by atoms with Crippen LogP contribution in [0.2, 0.25) is 0 Å². The lowest BCUT2D eigenvalue weighted by Gasteiger charge is -2.15. The van der Waals surface area contributed by atoms with E-state index < -0.39 is 0 Å². The summed E-state index contributed by atoms with van der Waals surface area (Å²) in [4.78, 5) is 11.7. The molecule has 1 unspecified atom stereocenters. The fourth-order valence-corrected chi connectivity index (χ4v) is 2.21. The number of carbonyl (C=O) groups excluding carboxylic acids is 1. The van der Waals surface area contributed by atoms with Crippen molar-refractivity contribution in [3.05, 3.63) is 29.8 Å². The Morgan fingerprint density at radius 3 is 2.89 bits per heavy atom. The van der Waals surface area contributed by atoms with Crippen LogP contribution in [0.4, 0.5) is 5.69 Å². The summed E-state index contributed by atoms with van der Waals surface area (Å²) < 4.78 is 0. The van der Waals surface area contributed by atoms with Gasteiger partial charge in [0, 0.05) is 23.8 Å². The first-order valence-electron chi connectivity index (χ1n) is 6.84. The molecule has 1 aliphatic carbocycles. The van der Waals surface area contributed by atoms with Crippen molar-refractivity contribution in [3.63, 3.8) is 0 Å². The molecule has 3 heteroatoms. The largest absolute Gasteiger partial charge is 0.383 e. The molecule has 1 aromatic rings. The van der Waals surface area contributed by atoms with Crippen LogP contribution >= 0.6 is 0 Å². The molecule has 1 aromatic carbocycles. The van der Waals surface area contributed by atoms with Crippen molar-refractivity contribution >= 4 is 11.6 Å². The lowest BCUT2D eigenvalue weighted by Crippen LogP contribution is -2.23. The molecule has 0 radical (unpaired) electrons. The Hall–Kier alpha value is -1.51. The average molecular weight is 246 g/mol. The zero-order valence-electron chi connectivity index (χ0n) is 11.2. The molecule has 98 valence electrons. The first-order chi connectivity index (χ1) is 8.69. The van der Waals surface area contributed by atoms with E-state index in [0.29, 0.717) is 12.6 Å². The smallest absolute Gasteiger partial charge is 0.251 e. The van der Waals surface area contributed by atoms with Gasteiger partial charge in [-0.2, -0.15) is 0 Å². The number of benzene rings is 1. The van der Waals surface area contributed by atoms with E-state index in [2.05, 4.69) is 17.6 Å². The molecule has 2 N–H and O–H groups in total. The molecule has 18 heavy (non-hydrogen) atoms. The normalized spacial score (nSPS) is 16.1. The summed E-state index contributed by atoms with van der Waals surface area (Å²) in [7, 11) is 0. The van der Waals surface area contributed by atoms with E-state index >= 15 is 0 Å². The van der Waals surface area contributed by atoms with Crippen LogP contribution in [0.5, 0.6) is 0 Å². The Kier molecular flexibility index (Phi) is 4.24. The molecular weight excluding hydrogens is 224 g/mol. The van der Waals surface area contributed by atoms with Gasteiger partial charge in [0.15, 0.2) is 0 Å². The third kappa shape index (κ3) is 3.76. The zero-order valence-corrected chi connectivity index (χ0v) is 11.2. The van der Waals surface area contributed by atoms with Crippen LogP contribution in [0.15, 0.2) is 24.3 Å². The average Bonchev–Trinajstić information content (AvgIpc) is 3.13. The molecule has 0 aliphatic heterocycles. The van der Waals surface area contributed by atoms with Crippen molar-refractivity contribution < 1.29 is 4.79 Å². The van der Waals surface area contributed by atoms with E-state index in [1.54, 1.807) is 0 Å². The van der Waals surface area contributed by atoms with Crippen molar-refractivity contribution in [2.24, 2.45) is 5.92 Å². The molecule has 0 aromatic heterocycles. The van der Waals surface area contributed by atoms with E-state index in [-0.39, 0.29) is 5.91 Å². The molecule has 1 saturated carbocycles. The molecule has 0 saturated heterocycles. The van der Waals surface area contributed by atoms with E-state index in [1.165, 1.54) is 19.3 Å². The van der Waals surface area contributed by atoms with Gasteiger partial charge in [0.05, 0.1) is 0 Å². The Labute approximate surface area is 109 Å². The van der Waals surface area contributed by atoms with E-state index in [4.69, 9.17) is 0 Å². The van der Waals surface area contributed by atoms with Crippen LogP contribution in [0.25, 0.3) is 0 Å². The van der Waals surface area contributed by atoms with Crippen LogP contribution in [0.3, 0.4) is 0 Å². The summed E-state index contributed by atoms with van der Waals surface area (Å²) >= 11 is 0. The van der Waals surface area contributed by atoms with Crippen LogP contribution in [0, 0.1) is 5.92 Å². The number of carbonyl (C=O) groups is 1. The van der Waals surface area contributed by atoms with Gasteiger partial charge in [-0.3, -0.25) is 4.79 Å². The molecule has 1 atom stereocenters. The summed E-state index contributed by atoms with van der Waals surface area (Å²) in [6.07, 6.45) is 3.99. The summed E-state index contributed by atoms with van der Waals surface area (Å²) in [6.45, 7) is 4.80. The maximum absolute atomic E-state index is 11.7. The lowest BCUT2D eigenvalue weighted by atomic mass is 10.1. The van der Waals surface area contributed by atoms with Gasteiger partial charge in [0.2, 0.25) is 0 Å². The fourth-order valence-electron chi connectivity index (χ4n) is 2.21. The molecule has 0 spiro atoms. The quantitative estimate of drug-likeness (QED) is 0.810. The molecule has 0 bridgehead atoms. The van der Waals surface area contributed by atoms with Gasteiger partial charge in [-0.05, 0) is 44.4 Å². The topological polar surface area (TPSA) is 41.1 Å². The summed E-state index contributed by atoms with van der Waals surface area (Å²) in [6, 6.07) is 8.20. The second-order valence-corrected chi connectivity index (χ2v) is 5.16. The highest BCUT2D eigenvalue weighted by Gasteiger charge is 2.23. The monoisotopic (exact) mass is 246 g/mol. The molecule has 1 amide bonds. The maximum atomic E-state index is 11.7. The molecule has 1 aliphatic rings. The molecule has 3 nitrogen and oxygen atoms in total. The number of anilines is 1. The highest BCUT2D eigenvalue weighted by atomic mass is 16.1. The minimum Gasteiger partial charge on any atom is -0.383 e. The molecular formula is C15H22N2O. The Balaban J connectivity index is 1.95. The first kappa shape index (κ1) is 12.9. The maximum Gasteiger partial charge on any atom is 0.251 e. The van der Waals surface area contributed by atoms with Crippen molar-refractivity contribution in [1.29, 1.82) is 0 Å². The third-order valence-corrected chi connectivity index (χ3v) is 3.26. The van der Waals surface area contributed by atoms with E-state index in [9.17, 15) is 4.79 Å². The van der Waals surface area contributed by atoms with Crippen LogP contribution in [0.1, 0.15) is 43.5 Å².